The molecule has 1 N–H and O–H groups in total. The van der Waals surface area contributed by atoms with Crippen LogP contribution in [0.2, 0.25) is 5.02 Å². The van der Waals surface area contributed by atoms with Crippen molar-refractivity contribution in [2.24, 2.45) is 0 Å². The van der Waals surface area contributed by atoms with Gasteiger partial charge in [-0.2, -0.15) is 0 Å². The predicted molar refractivity (Wildman–Crippen MR) is 66.0 cm³/mol. The molecule has 1 aliphatic rings. The molecule has 0 amide bonds. The van der Waals surface area contributed by atoms with Crippen LogP contribution in [-0.2, 0) is 0 Å². The summed E-state index contributed by atoms with van der Waals surface area (Å²) in [7, 11) is 0. The van der Waals surface area contributed by atoms with Crippen molar-refractivity contribution in [3.63, 3.8) is 0 Å². The average Bonchev–Trinajstić information content (AvgIpc) is 3.09. The lowest BCUT2D eigenvalue weighted by Crippen LogP contribution is -2.37. The number of carbonyl (C=O) groups is 1. The van der Waals surface area contributed by atoms with Gasteiger partial charge in [0.05, 0.1) is 6.04 Å². The van der Waals surface area contributed by atoms with Crippen LogP contribution in [0.3, 0.4) is 0 Å². The summed E-state index contributed by atoms with van der Waals surface area (Å²) in [6.45, 7) is 2.03. The molecule has 1 unspecified atom stereocenters. The first-order valence-electron chi connectivity index (χ1n) is 5.76. The number of ketones is 1. The van der Waals surface area contributed by atoms with Crippen LogP contribution in [-0.4, -0.2) is 17.9 Å². The second kappa shape index (κ2) is 4.98. The van der Waals surface area contributed by atoms with Crippen molar-refractivity contribution in [3.05, 3.63) is 34.9 Å². The SMILES string of the molecule is CCC(NC1CC1)C(=O)c1cccc(Cl)c1. The fourth-order valence-corrected chi connectivity index (χ4v) is 1.95. The van der Waals surface area contributed by atoms with Crippen LogP contribution in [0, 0.1) is 0 Å². The summed E-state index contributed by atoms with van der Waals surface area (Å²) in [6.07, 6.45) is 3.21. The number of halogens is 1. The normalized spacial score (nSPS) is 17.1. The monoisotopic (exact) mass is 237 g/mol. The molecule has 0 spiro atoms. The highest BCUT2D eigenvalue weighted by Crippen LogP contribution is 2.21. The number of benzene rings is 1. The Morgan fingerprint density at radius 2 is 2.31 bits per heavy atom. The van der Waals surface area contributed by atoms with E-state index < -0.39 is 0 Å². The highest BCUT2D eigenvalue weighted by Gasteiger charge is 2.27. The van der Waals surface area contributed by atoms with E-state index in [-0.39, 0.29) is 11.8 Å². The van der Waals surface area contributed by atoms with Gasteiger partial charge in [0.2, 0.25) is 0 Å². The molecule has 1 aromatic carbocycles. The average molecular weight is 238 g/mol. The third-order valence-corrected chi connectivity index (χ3v) is 3.08. The van der Waals surface area contributed by atoms with E-state index in [1.54, 1.807) is 12.1 Å². The van der Waals surface area contributed by atoms with Gasteiger partial charge < -0.3 is 5.32 Å². The Bertz CT molecular complexity index is 387. The molecule has 1 aromatic rings. The molecule has 0 aromatic heterocycles. The summed E-state index contributed by atoms with van der Waals surface area (Å²) < 4.78 is 0. The summed E-state index contributed by atoms with van der Waals surface area (Å²) in [5.74, 6) is 0.150. The van der Waals surface area contributed by atoms with E-state index in [1.165, 1.54) is 12.8 Å². The topological polar surface area (TPSA) is 29.1 Å². The molecule has 16 heavy (non-hydrogen) atoms. The number of carbonyl (C=O) groups excluding carboxylic acids is 1. The number of hydrogen-bond acceptors (Lipinski definition) is 2. The molecule has 1 aliphatic carbocycles. The van der Waals surface area contributed by atoms with Gasteiger partial charge in [0.25, 0.3) is 0 Å². The summed E-state index contributed by atoms with van der Waals surface area (Å²) >= 11 is 5.88. The Morgan fingerprint density at radius 3 is 2.88 bits per heavy atom. The standard InChI is InChI=1S/C13H16ClNO/c1-2-12(15-11-6-7-11)13(16)9-4-3-5-10(14)8-9/h3-5,8,11-12,15H,2,6-7H2,1H3. The van der Waals surface area contributed by atoms with Crippen LogP contribution in [0.1, 0.15) is 36.5 Å². The lowest BCUT2D eigenvalue weighted by molar-refractivity contribution is 0.0939. The van der Waals surface area contributed by atoms with Crippen molar-refractivity contribution in [3.8, 4) is 0 Å². The van der Waals surface area contributed by atoms with Gasteiger partial charge in [0.1, 0.15) is 0 Å². The first kappa shape index (κ1) is 11.6. The highest BCUT2D eigenvalue weighted by molar-refractivity contribution is 6.31. The molecule has 0 bridgehead atoms. The molecule has 0 radical (unpaired) electrons. The van der Waals surface area contributed by atoms with Gasteiger partial charge in [-0.15, -0.1) is 0 Å². The van der Waals surface area contributed by atoms with Gasteiger partial charge >= 0.3 is 0 Å². The quantitative estimate of drug-likeness (QED) is 0.798. The summed E-state index contributed by atoms with van der Waals surface area (Å²) in [5, 5.41) is 3.98. The summed E-state index contributed by atoms with van der Waals surface area (Å²) in [5.41, 5.74) is 0.701. The maximum atomic E-state index is 12.2. The molecular formula is C13H16ClNO. The van der Waals surface area contributed by atoms with Crippen LogP contribution >= 0.6 is 11.6 Å². The molecule has 3 heteroatoms. The Labute approximate surface area is 101 Å². The molecule has 86 valence electrons. The van der Waals surface area contributed by atoms with Crippen LogP contribution in [0.25, 0.3) is 0 Å². The van der Waals surface area contributed by atoms with Crippen molar-refractivity contribution >= 4 is 17.4 Å². The third-order valence-electron chi connectivity index (χ3n) is 2.85. The lowest BCUT2D eigenvalue weighted by atomic mass is 10.0. The molecule has 0 aliphatic heterocycles. The minimum Gasteiger partial charge on any atom is -0.304 e. The van der Waals surface area contributed by atoms with Crippen LogP contribution < -0.4 is 5.32 Å². The Hall–Kier alpha value is -0.860. The maximum Gasteiger partial charge on any atom is 0.179 e. The van der Waals surface area contributed by atoms with E-state index in [9.17, 15) is 4.79 Å². The Morgan fingerprint density at radius 1 is 1.56 bits per heavy atom. The van der Waals surface area contributed by atoms with Gasteiger partial charge in [-0.1, -0.05) is 30.7 Å². The number of Topliss-reactive ketones (excluding diaryl/α,β-unsaturated/α-hetero) is 1. The zero-order chi connectivity index (χ0) is 11.5. The van der Waals surface area contributed by atoms with E-state index in [0.717, 1.165) is 6.42 Å². The first-order chi connectivity index (χ1) is 7.70. The molecule has 1 saturated carbocycles. The largest absolute Gasteiger partial charge is 0.304 e. The van der Waals surface area contributed by atoms with Gasteiger partial charge in [0.15, 0.2) is 5.78 Å². The fourth-order valence-electron chi connectivity index (χ4n) is 1.76. The zero-order valence-corrected chi connectivity index (χ0v) is 10.1. The van der Waals surface area contributed by atoms with Crippen LogP contribution in [0.4, 0.5) is 0 Å². The molecular weight excluding hydrogens is 222 g/mol. The Balaban J connectivity index is 2.09. The number of hydrogen-bond donors (Lipinski definition) is 1. The van der Waals surface area contributed by atoms with Gasteiger partial charge in [0, 0.05) is 16.6 Å². The van der Waals surface area contributed by atoms with Crippen molar-refractivity contribution in [1.82, 2.24) is 5.32 Å². The van der Waals surface area contributed by atoms with Crippen molar-refractivity contribution in [1.29, 1.82) is 0 Å². The van der Waals surface area contributed by atoms with Crippen molar-refractivity contribution in [2.45, 2.75) is 38.3 Å². The third kappa shape index (κ3) is 2.83. The van der Waals surface area contributed by atoms with Gasteiger partial charge in [-0.3, -0.25) is 4.79 Å². The minimum atomic E-state index is -0.0639. The van der Waals surface area contributed by atoms with Gasteiger partial charge in [-0.05, 0) is 31.4 Å². The predicted octanol–water partition coefficient (Wildman–Crippen LogP) is 3.05. The van der Waals surface area contributed by atoms with E-state index in [0.29, 0.717) is 16.6 Å². The molecule has 2 rings (SSSR count). The van der Waals surface area contributed by atoms with Crippen LogP contribution in [0.15, 0.2) is 24.3 Å². The second-order valence-electron chi connectivity index (χ2n) is 4.28. The van der Waals surface area contributed by atoms with E-state index in [1.807, 2.05) is 19.1 Å². The zero-order valence-electron chi connectivity index (χ0n) is 9.37. The molecule has 1 atom stereocenters. The summed E-state index contributed by atoms with van der Waals surface area (Å²) in [6, 6.07) is 7.65. The first-order valence-corrected chi connectivity index (χ1v) is 6.14. The second-order valence-corrected chi connectivity index (χ2v) is 4.71. The summed E-state index contributed by atoms with van der Waals surface area (Å²) in [4.78, 5) is 12.2. The fraction of sp³-hybridized carbons (Fsp3) is 0.462. The molecule has 0 heterocycles. The number of nitrogens with one attached hydrogen (secondary N) is 1. The van der Waals surface area contributed by atoms with E-state index in [2.05, 4.69) is 5.32 Å². The maximum absolute atomic E-state index is 12.2. The van der Waals surface area contributed by atoms with Gasteiger partial charge in [-0.25, -0.2) is 0 Å². The van der Waals surface area contributed by atoms with E-state index >= 15 is 0 Å². The van der Waals surface area contributed by atoms with E-state index in [4.69, 9.17) is 11.6 Å². The Kier molecular flexibility index (Phi) is 3.62. The lowest BCUT2D eigenvalue weighted by Gasteiger charge is -2.15. The van der Waals surface area contributed by atoms with Crippen molar-refractivity contribution in [2.75, 3.05) is 0 Å². The molecule has 1 fully saturated rings. The minimum absolute atomic E-state index is 0.0639. The van der Waals surface area contributed by atoms with Crippen LogP contribution in [0.5, 0.6) is 0 Å². The number of rotatable bonds is 5. The highest BCUT2D eigenvalue weighted by atomic mass is 35.5. The van der Waals surface area contributed by atoms with Crippen molar-refractivity contribution < 1.29 is 4.79 Å². The molecule has 0 saturated heterocycles. The smallest absolute Gasteiger partial charge is 0.179 e. The molecule has 2 nitrogen and oxygen atoms in total.